The Labute approximate surface area is 128 Å². The van der Waals surface area contributed by atoms with E-state index in [1.165, 1.54) is 24.1 Å². The summed E-state index contributed by atoms with van der Waals surface area (Å²) in [5.74, 6) is -0.308. The van der Waals surface area contributed by atoms with Gasteiger partial charge in [0.05, 0.1) is 19.3 Å². The fraction of sp³-hybridized carbons (Fsp3) is 0.235. The maximum Gasteiger partial charge on any atom is 0.256 e. The third-order valence-corrected chi connectivity index (χ3v) is 3.40. The molecule has 5 heteroatoms. The average molecular weight is 303 g/mol. The van der Waals surface area contributed by atoms with Gasteiger partial charge >= 0.3 is 0 Å². The number of methoxy groups -OCH3 is 1. The standard InChI is InChI=1S/C17H18FNO3/c1-19(9-10-20)17(21)15-8-5-13(11-16(15)18)12-3-6-14(22-2)7-4-12/h3-8,11,20H,9-10H2,1-2H3. The molecule has 0 aliphatic heterocycles. The lowest BCUT2D eigenvalue weighted by Gasteiger charge is -2.16. The van der Waals surface area contributed by atoms with Gasteiger partial charge in [-0.15, -0.1) is 0 Å². The molecule has 0 fully saturated rings. The van der Waals surface area contributed by atoms with Crippen LogP contribution in [0, 0.1) is 5.82 Å². The average Bonchev–Trinajstić information content (AvgIpc) is 2.54. The van der Waals surface area contributed by atoms with Crippen molar-refractivity contribution in [1.82, 2.24) is 4.90 Å². The normalized spacial score (nSPS) is 10.4. The van der Waals surface area contributed by atoms with Crippen LogP contribution in [0.2, 0.25) is 0 Å². The van der Waals surface area contributed by atoms with Gasteiger partial charge in [-0.1, -0.05) is 18.2 Å². The molecule has 0 atom stereocenters. The van der Waals surface area contributed by atoms with Gasteiger partial charge in [0.15, 0.2) is 0 Å². The van der Waals surface area contributed by atoms with Crippen LogP contribution in [0.5, 0.6) is 5.75 Å². The summed E-state index contributed by atoms with van der Waals surface area (Å²) in [5, 5.41) is 8.84. The zero-order valence-corrected chi connectivity index (χ0v) is 12.5. The summed E-state index contributed by atoms with van der Waals surface area (Å²) in [6, 6.07) is 11.7. The number of aliphatic hydroxyl groups excluding tert-OH is 1. The highest BCUT2D eigenvalue weighted by atomic mass is 19.1. The molecule has 0 saturated carbocycles. The molecule has 1 N–H and O–H groups in total. The molecule has 4 nitrogen and oxygen atoms in total. The predicted molar refractivity (Wildman–Crippen MR) is 82.4 cm³/mol. The second-order valence-corrected chi connectivity index (χ2v) is 4.87. The summed E-state index contributed by atoms with van der Waals surface area (Å²) >= 11 is 0. The van der Waals surface area contributed by atoms with Crippen LogP contribution in [-0.2, 0) is 0 Å². The summed E-state index contributed by atoms with van der Waals surface area (Å²) in [6.07, 6.45) is 0. The quantitative estimate of drug-likeness (QED) is 0.923. The lowest BCUT2D eigenvalue weighted by molar-refractivity contribution is 0.0762. The zero-order chi connectivity index (χ0) is 16.1. The smallest absolute Gasteiger partial charge is 0.256 e. The van der Waals surface area contributed by atoms with Crippen molar-refractivity contribution in [2.24, 2.45) is 0 Å². The van der Waals surface area contributed by atoms with E-state index in [1.54, 1.807) is 25.3 Å². The first-order valence-electron chi connectivity index (χ1n) is 6.87. The Bertz CT molecular complexity index is 655. The van der Waals surface area contributed by atoms with Crippen LogP contribution < -0.4 is 4.74 Å². The minimum Gasteiger partial charge on any atom is -0.497 e. The highest BCUT2D eigenvalue weighted by Crippen LogP contribution is 2.24. The predicted octanol–water partition coefficient (Wildman–Crippen LogP) is 2.57. The molecule has 2 aromatic carbocycles. The first-order valence-corrected chi connectivity index (χ1v) is 6.87. The van der Waals surface area contributed by atoms with E-state index >= 15 is 0 Å². The number of benzene rings is 2. The minimum atomic E-state index is -0.580. The number of hydrogen-bond acceptors (Lipinski definition) is 3. The summed E-state index contributed by atoms with van der Waals surface area (Å²) < 4.78 is 19.3. The molecule has 0 radical (unpaired) electrons. The van der Waals surface area contributed by atoms with Crippen LogP contribution in [0.25, 0.3) is 11.1 Å². The van der Waals surface area contributed by atoms with Gasteiger partial charge in [-0.05, 0) is 35.4 Å². The van der Waals surface area contributed by atoms with Gasteiger partial charge in [-0.3, -0.25) is 4.79 Å². The topological polar surface area (TPSA) is 49.8 Å². The highest BCUT2D eigenvalue weighted by molar-refractivity contribution is 5.94. The van der Waals surface area contributed by atoms with E-state index in [0.717, 1.165) is 11.3 Å². The van der Waals surface area contributed by atoms with Crippen molar-refractivity contribution >= 4 is 5.91 Å². The van der Waals surface area contributed by atoms with Crippen molar-refractivity contribution in [2.45, 2.75) is 0 Å². The molecule has 2 rings (SSSR count). The maximum absolute atomic E-state index is 14.2. The largest absolute Gasteiger partial charge is 0.497 e. The molecule has 2 aromatic rings. The van der Waals surface area contributed by atoms with Crippen LogP contribution in [0.15, 0.2) is 42.5 Å². The number of rotatable bonds is 5. The highest BCUT2D eigenvalue weighted by Gasteiger charge is 2.16. The Morgan fingerprint density at radius 1 is 1.18 bits per heavy atom. The van der Waals surface area contributed by atoms with E-state index in [4.69, 9.17) is 9.84 Å². The van der Waals surface area contributed by atoms with Gasteiger partial charge < -0.3 is 14.7 Å². The molecule has 0 aliphatic carbocycles. The molecule has 0 bridgehead atoms. The molecule has 0 spiro atoms. The molecule has 22 heavy (non-hydrogen) atoms. The molecule has 0 aromatic heterocycles. The van der Waals surface area contributed by atoms with Crippen LogP contribution in [0.3, 0.4) is 0 Å². The summed E-state index contributed by atoms with van der Waals surface area (Å²) in [5.41, 5.74) is 1.51. The Balaban J connectivity index is 2.27. The van der Waals surface area contributed by atoms with Gasteiger partial charge in [-0.25, -0.2) is 4.39 Å². The van der Waals surface area contributed by atoms with Gasteiger partial charge in [0.25, 0.3) is 5.91 Å². The summed E-state index contributed by atoms with van der Waals surface area (Å²) in [6.45, 7) is 0.00625. The lowest BCUT2D eigenvalue weighted by atomic mass is 10.0. The summed E-state index contributed by atoms with van der Waals surface area (Å²) in [4.78, 5) is 13.3. The van der Waals surface area contributed by atoms with Crippen LogP contribution in [0.4, 0.5) is 4.39 Å². The number of halogens is 1. The lowest BCUT2D eigenvalue weighted by Crippen LogP contribution is -2.30. The Morgan fingerprint density at radius 3 is 2.36 bits per heavy atom. The van der Waals surface area contributed by atoms with Crippen LogP contribution in [-0.4, -0.2) is 43.2 Å². The molecular formula is C17H18FNO3. The third-order valence-electron chi connectivity index (χ3n) is 3.40. The molecule has 0 aliphatic rings. The van der Waals surface area contributed by atoms with Gasteiger partial charge in [0.2, 0.25) is 0 Å². The molecule has 0 saturated heterocycles. The number of carbonyl (C=O) groups is 1. The number of hydrogen-bond donors (Lipinski definition) is 1. The number of nitrogens with zero attached hydrogens (tertiary/aromatic N) is 1. The third kappa shape index (κ3) is 3.43. The maximum atomic E-state index is 14.2. The fourth-order valence-corrected chi connectivity index (χ4v) is 2.11. The number of likely N-dealkylation sites (N-methyl/N-ethyl adjacent to an activating group) is 1. The monoisotopic (exact) mass is 303 g/mol. The van der Waals surface area contributed by atoms with E-state index in [2.05, 4.69) is 0 Å². The minimum absolute atomic E-state index is 0.00629. The number of aliphatic hydroxyl groups is 1. The SMILES string of the molecule is COc1ccc(-c2ccc(C(=O)N(C)CCO)c(F)c2)cc1. The van der Waals surface area contributed by atoms with Crippen LogP contribution >= 0.6 is 0 Å². The van der Waals surface area contributed by atoms with E-state index < -0.39 is 11.7 Å². The number of amides is 1. The van der Waals surface area contributed by atoms with Crippen LogP contribution in [0.1, 0.15) is 10.4 Å². The van der Waals surface area contributed by atoms with Crippen molar-refractivity contribution < 1.29 is 19.0 Å². The number of ether oxygens (including phenoxy) is 1. The van der Waals surface area contributed by atoms with E-state index in [9.17, 15) is 9.18 Å². The van der Waals surface area contributed by atoms with Crippen molar-refractivity contribution in [1.29, 1.82) is 0 Å². The zero-order valence-electron chi connectivity index (χ0n) is 12.5. The molecule has 0 heterocycles. The Kier molecular flexibility index (Phi) is 5.12. The van der Waals surface area contributed by atoms with Crippen molar-refractivity contribution in [3.8, 4) is 16.9 Å². The molecule has 0 unspecified atom stereocenters. The van der Waals surface area contributed by atoms with Gasteiger partial charge in [-0.2, -0.15) is 0 Å². The van der Waals surface area contributed by atoms with Crippen molar-refractivity contribution in [3.05, 3.63) is 53.8 Å². The van der Waals surface area contributed by atoms with E-state index in [1.807, 2.05) is 12.1 Å². The molecular weight excluding hydrogens is 285 g/mol. The Morgan fingerprint density at radius 2 is 1.82 bits per heavy atom. The molecule has 116 valence electrons. The summed E-state index contributed by atoms with van der Waals surface area (Å²) in [7, 11) is 3.10. The van der Waals surface area contributed by atoms with Crippen molar-refractivity contribution in [3.63, 3.8) is 0 Å². The fourth-order valence-electron chi connectivity index (χ4n) is 2.11. The Hall–Kier alpha value is -2.40. The van der Waals surface area contributed by atoms with Gasteiger partial charge in [0.1, 0.15) is 11.6 Å². The van der Waals surface area contributed by atoms with E-state index in [0.29, 0.717) is 5.56 Å². The molecule has 1 amide bonds. The number of carbonyl (C=O) groups excluding carboxylic acids is 1. The second kappa shape index (κ2) is 7.04. The first-order chi connectivity index (χ1) is 10.6. The second-order valence-electron chi connectivity index (χ2n) is 4.87. The van der Waals surface area contributed by atoms with Crippen molar-refractivity contribution in [2.75, 3.05) is 27.3 Å². The first kappa shape index (κ1) is 16.0. The van der Waals surface area contributed by atoms with Gasteiger partial charge in [0, 0.05) is 13.6 Å². The van der Waals surface area contributed by atoms with E-state index in [-0.39, 0.29) is 18.7 Å².